The molecule has 1 aliphatic heterocycles. The molecule has 1 aliphatic rings. The predicted molar refractivity (Wildman–Crippen MR) is 82.3 cm³/mol. The van der Waals surface area contributed by atoms with Crippen molar-refractivity contribution in [3.63, 3.8) is 0 Å². The zero-order valence-electron chi connectivity index (χ0n) is 13.1. The molecule has 1 atom stereocenters. The van der Waals surface area contributed by atoms with Gasteiger partial charge in [0, 0.05) is 6.54 Å². The number of hydrogen-bond donors (Lipinski definition) is 1. The van der Waals surface area contributed by atoms with E-state index >= 15 is 0 Å². The first-order valence-corrected chi connectivity index (χ1v) is 7.26. The van der Waals surface area contributed by atoms with Gasteiger partial charge in [0.05, 0.1) is 6.04 Å². The zero-order chi connectivity index (χ0) is 15.6. The molecule has 0 aromatic heterocycles. The third-order valence-corrected chi connectivity index (χ3v) is 3.41. The smallest absolute Gasteiger partial charge is 0.411 e. The second kappa shape index (κ2) is 5.80. The van der Waals surface area contributed by atoms with Gasteiger partial charge in [0.15, 0.2) is 0 Å². The molecule has 0 saturated carbocycles. The summed E-state index contributed by atoms with van der Waals surface area (Å²) in [6.45, 7) is 8.12. The number of hydrogen-bond acceptors (Lipinski definition) is 3. The summed E-state index contributed by atoms with van der Waals surface area (Å²) in [5, 5.41) is 9.61. The highest BCUT2D eigenvalue weighted by Gasteiger charge is 2.32. The molecular weight excluding hydrogens is 266 g/mol. The lowest BCUT2D eigenvalue weighted by atomic mass is 9.92. The molecule has 0 spiro atoms. The van der Waals surface area contributed by atoms with Crippen molar-refractivity contribution in [3.05, 3.63) is 41.5 Å². The van der Waals surface area contributed by atoms with Crippen molar-refractivity contribution in [1.29, 1.82) is 0 Å². The second-order valence-corrected chi connectivity index (χ2v) is 6.28. The standard InChI is InChI=1S/C17H23NO3/c1-5-6-15-14-8-7-13(19)11-12(14)9-10-18(15)16(20)21-17(2,3)4/h5-8,11,15,19H,9-10H2,1-4H3/b6-5+/t15-/m0/s1. The van der Waals surface area contributed by atoms with E-state index in [9.17, 15) is 9.90 Å². The number of allylic oxidation sites excluding steroid dienone is 1. The molecule has 0 fully saturated rings. The Balaban J connectivity index is 2.32. The molecule has 1 aromatic carbocycles. The van der Waals surface area contributed by atoms with Crippen LogP contribution < -0.4 is 0 Å². The minimum Gasteiger partial charge on any atom is -0.508 e. The number of phenolic OH excluding ortho intramolecular Hbond substituents is 1. The van der Waals surface area contributed by atoms with Gasteiger partial charge in [0.2, 0.25) is 0 Å². The maximum absolute atomic E-state index is 12.4. The summed E-state index contributed by atoms with van der Waals surface area (Å²) in [4.78, 5) is 14.1. The van der Waals surface area contributed by atoms with Gasteiger partial charge in [-0.1, -0.05) is 18.2 Å². The van der Waals surface area contributed by atoms with E-state index in [-0.39, 0.29) is 17.9 Å². The molecule has 1 heterocycles. The average molecular weight is 289 g/mol. The largest absolute Gasteiger partial charge is 0.508 e. The maximum atomic E-state index is 12.4. The van der Waals surface area contributed by atoms with E-state index in [1.54, 1.807) is 17.0 Å². The predicted octanol–water partition coefficient (Wildman–Crippen LogP) is 3.80. The lowest BCUT2D eigenvalue weighted by molar-refractivity contribution is 0.0184. The van der Waals surface area contributed by atoms with Crippen LogP contribution in [0, 0.1) is 0 Å². The van der Waals surface area contributed by atoms with Gasteiger partial charge < -0.3 is 9.84 Å². The lowest BCUT2D eigenvalue weighted by Gasteiger charge is -2.36. The highest BCUT2D eigenvalue weighted by atomic mass is 16.6. The van der Waals surface area contributed by atoms with Crippen LogP contribution in [-0.2, 0) is 11.2 Å². The molecule has 4 nitrogen and oxygen atoms in total. The van der Waals surface area contributed by atoms with Crippen LogP contribution in [0.1, 0.15) is 44.9 Å². The van der Waals surface area contributed by atoms with Crippen LogP contribution in [0.2, 0.25) is 0 Å². The minimum absolute atomic E-state index is 0.144. The van der Waals surface area contributed by atoms with E-state index in [0.29, 0.717) is 6.54 Å². The first-order chi connectivity index (χ1) is 9.81. The Bertz CT molecular complexity index is 558. The Kier molecular flexibility index (Phi) is 4.26. The van der Waals surface area contributed by atoms with Crippen molar-refractivity contribution in [2.24, 2.45) is 0 Å². The molecule has 1 amide bonds. The van der Waals surface area contributed by atoms with Crippen molar-refractivity contribution in [2.75, 3.05) is 6.54 Å². The molecule has 0 bridgehead atoms. The van der Waals surface area contributed by atoms with Gasteiger partial charge in [-0.05, 0) is 57.4 Å². The van der Waals surface area contributed by atoms with E-state index in [1.807, 2.05) is 45.9 Å². The van der Waals surface area contributed by atoms with E-state index in [1.165, 1.54) is 0 Å². The van der Waals surface area contributed by atoms with E-state index < -0.39 is 5.60 Å². The number of rotatable bonds is 1. The molecule has 2 rings (SSSR count). The van der Waals surface area contributed by atoms with Crippen LogP contribution >= 0.6 is 0 Å². The number of aromatic hydroxyl groups is 1. The minimum atomic E-state index is -0.507. The van der Waals surface area contributed by atoms with E-state index in [0.717, 1.165) is 17.5 Å². The molecule has 21 heavy (non-hydrogen) atoms. The third-order valence-electron chi connectivity index (χ3n) is 3.41. The highest BCUT2D eigenvalue weighted by Crippen LogP contribution is 2.33. The fourth-order valence-electron chi connectivity index (χ4n) is 2.56. The van der Waals surface area contributed by atoms with Crippen LogP contribution in [0.5, 0.6) is 5.75 Å². The molecule has 0 aliphatic carbocycles. The SMILES string of the molecule is C/C=C/[C@H]1c2ccc(O)cc2CCN1C(=O)OC(C)(C)C. The van der Waals surface area contributed by atoms with Crippen LogP contribution in [0.25, 0.3) is 0 Å². The number of fused-ring (bicyclic) bond motifs is 1. The van der Waals surface area contributed by atoms with Gasteiger partial charge in [-0.15, -0.1) is 0 Å². The molecule has 1 aromatic rings. The van der Waals surface area contributed by atoms with Crippen molar-refractivity contribution < 1.29 is 14.6 Å². The van der Waals surface area contributed by atoms with Gasteiger partial charge in [-0.3, -0.25) is 4.90 Å². The highest BCUT2D eigenvalue weighted by molar-refractivity contribution is 5.70. The van der Waals surface area contributed by atoms with Crippen LogP contribution in [-0.4, -0.2) is 28.2 Å². The number of benzene rings is 1. The summed E-state index contributed by atoms with van der Waals surface area (Å²) in [5.74, 6) is 0.263. The number of carbonyl (C=O) groups excluding carboxylic acids is 1. The first-order valence-electron chi connectivity index (χ1n) is 7.26. The van der Waals surface area contributed by atoms with Crippen molar-refractivity contribution in [2.45, 2.75) is 45.8 Å². The fourth-order valence-corrected chi connectivity index (χ4v) is 2.56. The van der Waals surface area contributed by atoms with Crippen molar-refractivity contribution in [3.8, 4) is 5.75 Å². The fraction of sp³-hybridized carbons (Fsp3) is 0.471. The van der Waals surface area contributed by atoms with Crippen LogP contribution in [0.3, 0.4) is 0 Å². The first kappa shape index (κ1) is 15.4. The molecule has 4 heteroatoms. The monoisotopic (exact) mass is 289 g/mol. The number of nitrogens with zero attached hydrogens (tertiary/aromatic N) is 1. The quantitative estimate of drug-likeness (QED) is 0.800. The van der Waals surface area contributed by atoms with Gasteiger partial charge in [0.1, 0.15) is 11.4 Å². The van der Waals surface area contributed by atoms with Crippen LogP contribution in [0.4, 0.5) is 4.79 Å². The number of phenols is 1. The molecule has 0 radical (unpaired) electrons. The molecule has 1 N–H and O–H groups in total. The lowest BCUT2D eigenvalue weighted by Crippen LogP contribution is -2.42. The van der Waals surface area contributed by atoms with E-state index in [4.69, 9.17) is 4.74 Å². The summed E-state index contributed by atoms with van der Waals surface area (Å²) < 4.78 is 5.50. The van der Waals surface area contributed by atoms with Gasteiger partial charge in [-0.2, -0.15) is 0 Å². The summed E-state index contributed by atoms with van der Waals surface area (Å²) in [7, 11) is 0. The molecular formula is C17H23NO3. The van der Waals surface area contributed by atoms with Gasteiger partial charge in [0.25, 0.3) is 0 Å². The second-order valence-electron chi connectivity index (χ2n) is 6.28. The summed E-state index contributed by atoms with van der Waals surface area (Å²) in [6.07, 6.45) is 4.34. The van der Waals surface area contributed by atoms with Crippen molar-refractivity contribution in [1.82, 2.24) is 4.90 Å². The Morgan fingerprint density at radius 3 is 2.76 bits per heavy atom. The third kappa shape index (κ3) is 3.57. The Hall–Kier alpha value is -1.97. The van der Waals surface area contributed by atoms with E-state index in [2.05, 4.69) is 0 Å². The average Bonchev–Trinajstić information content (AvgIpc) is 2.36. The summed E-state index contributed by atoms with van der Waals surface area (Å²) in [6, 6.07) is 5.17. The number of carbonyl (C=O) groups is 1. The zero-order valence-corrected chi connectivity index (χ0v) is 13.1. The molecule has 114 valence electrons. The van der Waals surface area contributed by atoms with Gasteiger partial charge >= 0.3 is 6.09 Å². The topological polar surface area (TPSA) is 49.8 Å². The normalized spacial score (nSPS) is 18.7. The summed E-state index contributed by atoms with van der Waals surface area (Å²) >= 11 is 0. The number of ether oxygens (including phenoxy) is 1. The number of amides is 1. The molecule has 0 saturated heterocycles. The Morgan fingerprint density at radius 1 is 1.43 bits per heavy atom. The van der Waals surface area contributed by atoms with Crippen LogP contribution in [0.15, 0.2) is 30.4 Å². The van der Waals surface area contributed by atoms with Gasteiger partial charge in [-0.25, -0.2) is 4.79 Å². The van der Waals surface area contributed by atoms with Crippen molar-refractivity contribution >= 4 is 6.09 Å². The Morgan fingerprint density at radius 2 is 2.14 bits per heavy atom. The molecule has 0 unspecified atom stereocenters. The summed E-state index contributed by atoms with van der Waals surface area (Å²) in [5.41, 5.74) is 1.62. The maximum Gasteiger partial charge on any atom is 0.411 e. The Labute approximate surface area is 126 Å².